The molecule has 27 heavy (non-hydrogen) atoms. The number of carbonyl (C=O) groups is 2. The molecule has 1 aliphatic heterocycles. The number of ketones is 1. The van der Waals surface area contributed by atoms with Crippen molar-refractivity contribution < 1.29 is 14.3 Å². The second-order valence-electron chi connectivity index (χ2n) is 7.29. The van der Waals surface area contributed by atoms with Crippen molar-refractivity contribution in [1.29, 1.82) is 0 Å². The van der Waals surface area contributed by atoms with Crippen LogP contribution < -0.4 is 4.90 Å². The molecule has 0 bridgehead atoms. The van der Waals surface area contributed by atoms with Gasteiger partial charge >= 0.3 is 5.97 Å². The molecule has 1 aliphatic carbocycles. The predicted octanol–water partition coefficient (Wildman–Crippen LogP) is 3.89. The number of allylic oxidation sites excluding steroid dienone is 2. The van der Waals surface area contributed by atoms with E-state index >= 15 is 0 Å². The number of hydrogen-bond donors (Lipinski definition) is 0. The number of anilines is 1. The SMILES string of the molecule is CCOC(=O)C1C(CC)=NC2=C(C(=O)CCC2)[C@@H]1c1ccc(N(C)C)cc1. The molecule has 0 aromatic heterocycles. The molecule has 0 radical (unpaired) electrons. The van der Waals surface area contributed by atoms with Gasteiger partial charge in [-0.15, -0.1) is 0 Å². The van der Waals surface area contributed by atoms with E-state index in [-0.39, 0.29) is 17.7 Å². The summed E-state index contributed by atoms with van der Waals surface area (Å²) in [5, 5.41) is 0. The molecule has 1 aromatic rings. The number of hydrogen-bond acceptors (Lipinski definition) is 5. The van der Waals surface area contributed by atoms with Crippen molar-refractivity contribution >= 4 is 23.2 Å². The highest BCUT2D eigenvalue weighted by atomic mass is 16.5. The summed E-state index contributed by atoms with van der Waals surface area (Å²) < 4.78 is 5.38. The van der Waals surface area contributed by atoms with Gasteiger partial charge in [0.1, 0.15) is 5.92 Å². The summed E-state index contributed by atoms with van der Waals surface area (Å²) in [5.74, 6) is -1.01. The lowest BCUT2D eigenvalue weighted by molar-refractivity contribution is -0.146. The number of Topliss-reactive ketones (excluding diaryl/α,β-unsaturated/α-hetero) is 1. The molecule has 1 unspecified atom stereocenters. The van der Waals surface area contributed by atoms with E-state index in [1.54, 1.807) is 6.92 Å². The fraction of sp³-hybridized carbons (Fsp3) is 0.500. The molecular formula is C22H28N2O3. The molecule has 0 fully saturated rings. The third-order valence-electron chi connectivity index (χ3n) is 5.38. The number of carbonyl (C=O) groups excluding carboxylic acids is 2. The van der Waals surface area contributed by atoms with Crippen LogP contribution in [0.4, 0.5) is 5.69 Å². The van der Waals surface area contributed by atoms with Crippen LogP contribution in [0.25, 0.3) is 0 Å². The Morgan fingerprint density at radius 2 is 1.89 bits per heavy atom. The first-order chi connectivity index (χ1) is 13.0. The van der Waals surface area contributed by atoms with Crippen molar-refractivity contribution in [2.24, 2.45) is 10.9 Å². The zero-order valence-electron chi connectivity index (χ0n) is 16.6. The van der Waals surface area contributed by atoms with E-state index in [4.69, 9.17) is 9.73 Å². The van der Waals surface area contributed by atoms with Crippen LogP contribution in [0, 0.1) is 5.92 Å². The van der Waals surface area contributed by atoms with E-state index in [1.807, 2.05) is 50.2 Å². The summed E-state index contributed by atoms with van der Waals surface area (Å²) in [6.45, 7) is 4.13. The lowest BCUT2D eigenvalue weighted by atomic mass is 9.71. The second kappa shape index (κ2) is 8.07. The molecule has 0 spiro atoms. The van der Waals surface area contributed by atoms with E-state index in [9.17, 15) is 9.59 Å². The molecule has 5 nitrogen and oxygen atoms in total. The Balaban J connectivity index is 2.13. The van der Waals surface area contributed by atoms with E-state index < -0.39 is 5.92 Å². The first-order valence-corrected chi connectivity index (χ1v) is 9.75. The quantitative estimate of drug-likeness (QED) is 0.740. The number of rotatable bonds is 5. The molecule has 1 heterocycles. The van der Waals surface area contributed by atoms with Crippen molar-refractivity contribution in [3.8, 4) is 0 Å². The van der Waals surface area contributed by atoms with Gasteiger partial charge in [0.25, 0.3) is 0 Å². The smallest absolute Gasteiger partial charge is 0.315 e. The van der Waals surface area contributed by atoms with Gasteiger partial charge < -0.3 is 9.64 Å². The zero-order valence-corrected chi connectivity index (χ0v) is 16.6. The van der Waals surface area contributed by atoms with Gasteiger partial charge in [-0.05, 0) is 43.9 Å². The maximum absolute atomic E-state index is 12.9. The molecular weight excluding hydrogens is 340 g/mol. The van der Waals surface area contributed by atoms with Crippen LogP contribution in [0.2, 0.25) is 0 Å². The van der Waals surface area contributed by atoms with Gasteiger partial charge in [0, 0.05) is 49.1 Å². The van der Waals surface area contributed by atoms with E-state index in [0.29, 0.717) is 25.0 Å². The largest absolute Gasteiger partial charge is 0.465 e. The summed E-state index contributed by atoms with van der Waals surface area (Å²) in [4.78, 5) is 32.5. The molecule has 0 amide bonds. The molecule has 0 saturated heterocycles. The van der Waals surface area contributed by atoms with Gasteiger partial charge in [-0.2, -0.15) is 0 Å². The average Bonchev–Trinajstić information content (AvgIpc) is 2.67. The highest BCUT2D eigenvalue weighted by Gasteiger charge is 2.43. The first kappa shape index (κ1) is 19.3. The standard InChI is InChI=1S/C22H28N2O3/c1-5-16-21(22(26)27-6-2)19(14-10-12-15(13-11-14)24(3)4)20-17(23-16)8-7-9-18(20)25/h10-13,19,21H,5-9H2,1-4H3/t19-,21?/m0/s1. The number of aliphatic imine (C=N–C) groups is 1. The highest BCUT2D eigenvalue weighted by molar-refractivity contribution is 6.09. The number of benzene rings is 1. The molecule has 0 saturated carbocycles. The van der Waals surface area contributed by atoms with Crippen molar-refractivity contribution in [2.45, 2.75) is 45.4 Å². The first-order valence-electron chi connectivity index (χ1n) is 9.75. The van der Waals surface area contributed by atoms with Crippen LogP contribution in [-0.4, -0.2) is 38.2 Å². The third-order valence-corrected chi connectivity index (χ3v) is 5.38. The summed E-state index contributed by atoms with van der Waals surface area (Å²) in [5.41, 5.74) is 4.46. The molecule has 2 aliphatic rings. The Bertz CT molecular complexity index is 790. The van der Waals surface area contributed by atoms with E-state index in [2.05, 4.69) is 0 Å². The highest BCUT2D eigenvalue weighted by Crippen LogP contribution is 2.44. The van der Waals surface area contributed by atoms with E-state index in [1.165, 1.54) is 0 Å². The molecule has 2 atom stereocenters. The Kier molecular flexibility index (Phi) is 5.78. The Hall–Kier alpha value is -2.43. The van der Waals surface area contributed by atoms with Crippen molar-refractivity contribution in [3.05, 3.63) is 41.1 Å². The van der Waals surface area contributed by atoms with Crippen LogP contribution in [0.15, 0.2) is 40.5 Å². The van der Waals surface area contributed by atoms with Crippen LogP contribution >= 0.6 is 0 Å². The van der Waals surface area contributed by atoms with Crippen LogP contribution in [0.1, 0.15) is 51.0 Å². The lowest BCUT2D eigenvalue weighted by Gasteiger charge is -2.35. The molecule has 3 rings (SSSR count). The minimum Gasteiger partial charge on any atom is -0.465 e. The number of ether oxygens (including phenoxy) is 1. The summed E-state index contributed by atoms with van der Waals surface area (Å²) in [6, 6.07) is 8.11. The normalized spacial score (nSPS) is 22.2. The van der Waals surface area contributed by atoms with Crippen molar-refractivity contribution in [2.75, 3.05) is 25.6 Å². The minimum atomic E-state index is -0.527. The topological polar surface area (TPSA) is 59.0 Å². The maximum atomic E-state index is 12.9. The summed E-state index contributed by atoms with van der Waals surface area (Å²) in [6.07, 6.45) is 2.82. The Labute approximate surface area is 161 Å². The molecule has 0 N–H and O–H groups in total. The average molecular weight is 368 g/mol. The van der Waals surface area contributed by atoms with Gasteiger partial charge in [0.2, 0.25) is 0 Å². The molecule has 1 aromatic carbocycles. The third kappa shape index (κ3) is 3.68. The van der Waals surface area contributed by atoms with Gasteiger partial charge in [0.05, 0.1) is 6.61 Å². The predicted molar refractivity (Wildman–Crippen MR) is 107 cm³/mol. The molecule has 144 valence electrons. The number of esters is 1. The maximum Gasteiger partial charge on any atom is 0.315 e. The van der Waals surface area contributed by atoms with Crippen LogP contribution in [0.5, 0.6) is 0 Å². The molecule has 5 heteroatoms. The van der Waals surface area contributed by atoms with Gasteiger partial charge in [-0.1, -0.05) is 19.1 Å². The lowest BCUT2D eigenvalue weighted by Crippen LogP contribution is -2.38. The number of nitrogens with zero attached hydrogens (tertiary/aromatic N) is 2. The van der Waals surface area contributed by atoms with Crippen LogP contribution in [0.3, 0.4) is 0 Å². The fourth-order valence-corrected chi connectivity index (χ4v) is 4.06. The fourth-order valence-electron chi connectivity index (χ4n) is 4.06. The van der Waals surface area contributed by atoms with Gasteiger partial charge in [0.15, 0.2) is 5.78 Å². The summed E-state index contributed by atoms with van der Waals surface area (Å²) in [7, 11) is 3.98. The van der Waals surface area contributed by atoms with Crippen molar-refractivity contribution in [1.82, 2.24) is 0 Å². The van der Waals surface area contributed by atoms with E-state index in [0.717, 1.165) is 35.5 Å². The van der Waals surface area contributed by atoms with Crippen molar-refractivity contribution in [3.63, 3.8) is 0 Å². The minimum absolute atomic E-state index is 0.117. The van der Waals surface area contributed by atoms with Gasteiger partial charge in [-0.3, -0.25) is 14.6 Å². The van der Waals surface area contributed by atoms with Crippen LogP contribution in [-0.2, 0) is 14.3 Å². The Morgan fingerprint density at radius 3 is 2.48 bits per heavy atom. The summed E-state index contributed by atoms with van der Waals surface area (Å²) >= 11 is 0. The monoisotopic (exact) mass is 368 g/mol. The second-order valence-corrected chi connectivity index (χ2v) is 7.29. The zero-order chi connectivity index (χ0) is 19.6. The Morgan fingerprint density at radius 1 is 1.19 bits per heavy atom. The van der Waals surface area contributed by atoms with Gasteiger partial charge in [-0.25, -0.2) is 0 Å².